The van der Waals surface area contributed by atoms with Gasteiger partial charge in [-0.25, -0.2) is 4.79 Å². The van der Waals surface area contributed by atoms with E-state index >= 15 is 0 Å². The van der Waals surface area contributed by atoms with Gasteiger partial charge in [-0.05, 0) is 13.3 Å². The average molecular weight is 168 g/mol. The zero-order chi connectivity index (χ0) is 8.97. The van der Waals surface area contributed by atoms with Crippen LogP contribution in [0.3, 0.4) is 0 Å². The minimum atomic E-state index is -0.323. The Morgan fingerprint density at radius 1 is 1.83 bits per heavy atom. The maximum atomic E-state index is 10.7. The first-order valence-electron chi connectivity index (χ1n) is 3.90. The van der Waals surface area contributed by atoms with Gasteiger partial charge in [0.15, 0.2) is 6.10 Å². The summed E-state index contributed by atoms with van der Waals surface area (Å²) >= 11 is 0. The molecule has 66 valence electrons. The molecule has 3 heteroatoms. The van der Waals surface area contributed by atoms with Gasteiger partial charge < -0.3 is 9.47 Å². The highest BCUT2D eigenvalue weighted by atomic mass is 16.6. The molecule has 0 saturated carbocycles. The molecule has 1 rings (SSSR count). The van der Waals surface area contributed by atoms with Gasteiger partial charge in [-0.2, -0.15) is 0 Å². The molecule has 0 aromatic carbocycles. The van der Waals surface area contributed by atoms with Gasteiger partial charge in [0.25, 0.3) is 0 Å². The molecule has 0 aromatic heterocycles. The van der Waals surface area contributed by atoms with Gasteiger partial charge in [0.1, 0.15) is 5.76 Å². The third kappa shape index (κ3) is 2.12. The van der Waals surface area contributed by atoms with Crippen LogP contribution in [0.15, 0.2) is 24.5 Å². The Hall–Kier alpha value is -1.25. The summed E-state index contributed by atoms with van der Waals surface area (Å²) in [4.78, 5) is 10.7. The summed E-state index contributed by atoms with van der Waals surface area (Å²) in [5.41, 5.74) is 0. The van der Waals surface area contributed by atoms with E-state index < -0.39 is 0 Å². The molecule has 0 N–H and O–H groups in total. The van der Waals surface area contributed by atoms with Crippen LogP contribution in [0.1, 0.15) is 13.3 Å². The minimum Gasteiger partial charge on any atom is -0.493 e. The Morgan fingerprint density at radius 2 is 2.58 bits per heavy atom. The van der Waals surface area contributed by atoms with Gasteiger partial charge in [-0.15, -0.1) is 6.58 Å². The zero-order valence-electron chi connectivity index (χ0n) is 7.08. The molecule has 0 amide bonds. The normalized spacial score (nSPS) is 21.6. The molecule has 0 aromatic rings. The van der Waals surface area contributed by atoms with Gasteiger partial charge >= 0.3 is 5.97 Å². The molecule has 0 bridgehead atoms. The molecule has 1 atom stereocenters. The van der Waals surface area contributed by atoms with Crippen molar-refractivity contribution in [3.05, 3.63) is 24.5 Å². The van der Waals surface area contributed by atoms with E-state index in [0.717, 1.165) is 6.42 Å². The fraction of sp³-hybridized carbons (Fsp3) is 0.444. The first-order chi connectivity index (χ1) is 5.74. The molecule has 0 unspecified atom stereocenters. The lowest BCUT2D eigenvalue weighted by atomic mass is 10.3. The molecule has 1 aliphatic heterocycles. The van der Waals surface area contributed by atoms with E-state index in [9.17, 15) is 4.79 Å². The summed E-state index contributed by atoms with van der Waals surface area (Å²) in [6.07, 6.45) is 3.69. The number of rotatable bonds is 4. The summed E-state index contributed by atoms with van der Waals surface area (Å²) in [5.74, 6) is 0.290. The Labute approximate surface area is 71.7 Å². The van der Waals surface area contributed by atoms with Crippen LogP contribution in [0.2, 0.25) is 0 Å². The van der Waals surface area contributed by atoms with Gasteiger partial charge in [0.05, 0.1) is 12.7 Å². The Bertz CT molecular complexity index is 218. The Kier molecular flexibility index (Phi) is 2.91. The van der Waals surface area contributed by atoms with Crippen molar-refractivity contribution in [2.24, 2.45) is 0 Å². The maximum absolute atomic E-state index is 10.7. The lowest BCUT2D eigenvalue weighted by molar-refractivity contribution is -0.138. The van der Waals surface area contributed by atoms with Crippen molar-refractivity contribution in [3.8, 4) is 0 Å². The van der Waals surface area contributed by atoms with E-state index in [1.54, 1.807) is 13.0 Å². The lowest BCUT2D eigenvalue weighted by Crippen LogP contribution is -2.08. The van der Waals surface area contributed by atoms with Crippen LogP contribution >= 0.6 is 0 Å². The highest BCUT2D eigenvalue weighted by molar-refractivity contribution is 5.85. The third-order valence-corrected chi connectivity index (χ3v) is 1.54. The Morgan fingerprint density at radius 3 is 3.08 bits per heavy atom. The van der Waals surface area contributed by atoms with Gasteiger partial charge in [0.2, 0.25) is 0 Å². The largest absolute Gasteiger partial charge is 0.493 e. The second-order valence-corrected chi connectivity index (χ2v) is 2.55. The van der Waals surface area contributed by atoms with Crippen LogP contribution in [0.4, 0.5) is 0 Å². The summed E-state index contributed by atoms with van der Waals surface area (Å²) in [6.45, 7) is 5.90. The molecule has 3 nitrogen and oxygen atoms in total. The molecule has 0 aliphatic carbocycles. The maximum Gasteiger partial charge on any atom is 0.335 e. The SMILES string of the molecule is C=CCCOC1=CC(=O)O[C@H]1C. The van der Waals surface area contributed by atoms with Crippen molar-refractivity contribution < 1.29 is 14.3 Å². The lowest BCUT2D eigenvalue weighted by Gasteiger charge is -2.09. The van der Waals surface area contributed by atoms with Gasteiger partial charge in [-0.3, -0.25) is 0 Å². The van der Waals surface area contributed by atoms with Crippen LogP contribution in [0, 0.1) is 0 Å². The molecule has 12 heavy (non-hydrogen) atoms. The highest BCUT2D eigenvalue weighted by Crippen LogP contribution is 2.15. The van der Waals surface area contributed by atoms with E-state index in [1.165, 1.54) is 6.08 Å². The topological polar surface area (TPSA) is 35.5 Å². The van der Waals surface area contributed by atoms with Gasteiger partial charge in [-0.1, -0.05) is 6.08 Å². The number of hydrogen-bond donors (Lipinski definition) is 0. The second-order valence-electron chi connectivity index (χ2n) is 2.55. The summed E-state index contributed by atoms with van der Waals surface area (Å²) in [7, 11) is 0. The van der Waals surface area contributed by atoms with Gasteiger partial charge in [0, 0.05) is 0 Å². The molecular formula is C9H12O3. The fourth-order valence-corrected chi connectivity index (χ4v) is 0.919. The first-order valence-corrected chi connectivity index (χ1v) is 3.90. The van der Waals surface area contributed by atoms with E-state index in [-0.39, 0.29) is 12.1 Å². The summed E-state index contributed by atoms with van der Waals surface area (Å²) in [5, 5.41) is 0. The number of esters is 1. The van der Waals surface area contributed by atoms with E-state index in [0.29, 0.717) is 12.4 Å². The average Bonchev–Trinajstić information content (AvgIpc) is 2.31. The molecular weight excluding hydrogens is 156 g/mol. The van der Waals surface area contributed by atoms with Crippen molar-refractivity contribution in [1.29, 1.82) is 0 Å². The Balaban J connectivity index is 2.36. The van der Waals surface area contributed by atoms with Crippen molar-refractivity contribution in [2.45, 2.75) is 19.4 Å². The monoisotopic (exact) mass is 168 g/mol. The van der Waals surface area contributed by atoms with Crippen molar-refractivity contribution >= 4 is 5.97 Å². The number of carbonyl (C=O) groups excluding carboxylic acids is 1. The number of hydrogen-bond acceptors (Lipinski definition) is 3. The number of ether oxygens (including phenoxy) is 2. The van der Waals surface area contributed by atoms with Crippen LogP contribution in [-0.4, -0.2) is 18.7 Å². The van der Waals surface area contributed by atoms with Crippen molar-refractivity contribution in [1.82, 2.24) is 0 Å². The summed E-state index contributed by atoms with van der Waals surface area (Å²) in [6, 6.07) is 0. The summed E-state index contributed by atoms with van der Waals surface area (Å²) < 4.78 is 10.1. The third-order valence-electron chi connectivity index (χ3n) is 1.54. The smallest absolute Gasteiger partial charge is 0.335 e. The number of cyclic esters (lactones) is 1. The standard InChI is InChI=1S/C9H12O3/c1-3-4-5-11-8-6-9(10)12-7(8)2/h3,6-7H,1,4-5H2,2H3/t7-/m0/s1. The predicted octanol–water partition coefficient (Wildman–Crippen LogP) is 1.41. The minimum absolute atomic E-state index is 0.234. The van der Waals surface area contributed by atoms with Crippen molar-refractivity contribution in [3.63, 3.8) is 0 Å². The van der Waals surface area contributed by atoms with Crippen LogP contribution in [0.25, 0.3) is 0 Å². The molecule has 1 aliphatic rings. The predicted molar refractivity (Wildman–Crippen MR) is 44.4 cm³/mol. The van der Waals surface area contributed by atoms with E-state index in [4.69, 9.17) is 9.47 Å². The molecule has 0 spiro atoms. The van der Waals surface area contributed by atoms with E-state index in [2.05, 4.69) is 6.58 Å². The molecule has 0 saturated heterocycles. The zero-order valence-corrected chi connectivity index (χ0v) is 7.08. The fourth-order valence-electron chi connectivity index (χ4n) is 0.919. The first kappa shape index (κ1) is 8.84. The molecule has 0 radical (unpaired) electrons. The highest BCUT2D eigenvalue weighted by Gasteiger charge is 2.22. The second kappa shape index (κ2) is 3.95. The molecule has 1 heterocycles. The number of carbonyl (C=O) groups is 1. The van der Waals surface area contributed by atoms with Crippen LogP contribution in [0.5, 0.6) is 0 Å². The molecule has 0 fully saturated rings. The van der Waals surface area contributed by atoms with E-state index in [1.807, 2.05) is 0 Å². The van der Waals surface area contributed by atoms with Crippen LogP contribution in [-0.2, 0) is 14.3 Å². The van der Waals surface area contributed by atoms with Crippen molar-refractivity contribution in [2.75, 3.05) is 6.61 Å². The quantitative estimate of drug-likeness (QED) is 0.361. The van der Waals surface area contributed by atoms with Crippen LogP contribution < -0.4 is 0 Å².